The number of anilines is 1. The quantitative estimate of drug-likeness (QED) is 0.513. The summed E-state index contributed by atoms with van der Waals surface area (Å²) in [7, 11) is 1.62. The van der Waals surface area contributed by atoms with Gasteiger partial charge in [-0.2, -0.15) is 10.4 Å². The minimum Gasteiger partial charge on any atom is -0.496 e. The molecule has 6 heteroatoms. The Balaban J connectivity index is 2.07. The Morgan fingerprint density at radius 2 is 1.80 bits per heavy atom. The van der Waals surface area contributed by atoms with Crippen molar-refractivity contribution in [1.82, 2.24) is 9.61 Å². The van der Waals surface area contributed by atoms with Crippen LogP contribution in [-0.2, 0) is 0 Å². The van der Waals surface area contributed by atoms with Crippen molar-refractivity contribution in [2.24, 2.45) is 0 Å². The largest absolute Gasteiger partial charge is 0.496 e. The van der Waals surface area contributed by atoms with E-state index in [0.717, 1.165) is 39.3 Å². The number of methoxy groups -OCH3 is 1. The lowest BCUT2D eigenvalue weighted by molar-refractivity contribution is 0.412. The zero-order valence-corrected chi connectivity index (χ0v) is 17.2. The Bertz CT molecular complexity index is 1330. The zero-order chi connectivity index (χ0) is 21.6. The summed E-state index contributed by atoms with van der Waals surface area (Å²) in [6.07, 6.45) is 0. The van der Waals surface area contributed by atoms with Gasteiger partial charge in [-0.15, -0.1) is 0 Å². The van der Waals surface area contributed by atoms with Gasteiger partial charge in [-0.3, -0.25) is 0 Å². The van der Waals surface area contributed by atoms with Gasteiger partial charge in [-0.25, -0.2) is 8.91 Å². The maximum Gasteiger partial charge on any atom is 0.123 e. The molecular weight excluding hydrogens is 379 g/mol. The van der Waals surface area contributed by atoms with Crippen LogP contribution in [0.3, 0.4) is 0 Å². The number of benzene rings is 2. The van der Waals surface area contributed by atoms with Crippen molar-refractivity contribution >= 4 is 11.2 Å². The normalized spacial score (nSPS) is 10.9. The maximum absolute atomic E-state index is 13.4. The van der Waals surface area contributed by atoms with Gasteiger partial charge >= 0.3 is 0 Å². The Labute approximate surface area is 174 Å². The summed E-state index contributed by atoms with van der Waals surface area (Å²) >= 11 is 0. The first kappa shape index (κ1) is 19.5. The molecule has 0 bridgehead atoms. The van der Waals surface area contributed by atoms with Crippen molar-refractivity contribution in [3.63, 3.8) is 0 Å². The molecule has 2 N–H and O–H groups in total. The molecule has 0 unspecified atom stereocenters. The van der Waals surface area contributed by atoms with Gasteiger partial charge < -0.3 is 10.5 Å². The number of aromatic nitrogens is 2. The van der Waals surface area contributed by atoms with Crippen LogP contribution in [0.5, 0.6) is 5.75 Å². The van der Waals surface area contributed by atoms with Crippen LogP contribution < -0.4 is 10.5 Å². The molecule has 150 valence electrons. The van der Waals surface area contributed by atoms with E-state index >= 15 is 0 Å². The van der Waals surface area contributed by atoms with Crippen LogP contribution in [0.4, 0.5) is 10.1 Å². The van der Waals surface area contributed by atoms with E-state index in [0.29, 0.717) is 22.5 Å². The Hall–Kier alpha value is -3.85. The molecule has 0 radical (unpaired) electrons. The smallest absolute Gasteiger partial charge is 0.123 e. The van der Waals surface area contributed by atoms with Crippen molar-refractivity contribution in [1.29, 1.82) is 5.26 Å². The predicted molar refractivity (Wildman–Crippen MR) is 116 cm³/mol. The molecule has 0 saturated heterocycles. The summed E-state index contributed by atoms with van der Waals surface area (Å²) in [5.74, 6) is 0.435. The van der Waals surface area contributed by atoms with Crippen LogP contribution in [0.25, 0.3) is 27.9 Å². The summed E-state index contributed by atoms with van der Waals surface area (Å²) in [6.45, 7) is 5.84. The molecule has 4 rings (SSSR count). The number of nitrogens with zero attached hydrogens (tertiary/aromatic N) is 3. The topological polar surface area (TPSA) is 76.3 Å². The van der Waals surface area contributed by atoms with Crippen molar-refractivity contribution in [2.75, 3.05) is 12.8 Å². The Kier molecular flexibility index (Phi) is 4.67. The predicted octanol–water partition coefficient (Wildman–Crippen LogP) is 5.20. The van der Waals surface area contributed by atoms with Gasteiger partial charge in [0, 0.05) is 16.7 Å². The van der Waals surface area contributed by atoms with Crippen LogP contribution in [0.2, 0.25) is 0 Å². The molecule has 0 aliphatic rings. The lowest BCUT2D eigenvalue weighted by Crippen LogP contribution is -2.03. The molecule has 30 heavy (non-hydrogen) atoms. The first-order valence-electron chi connectivity index (χ1n) is 9.49. The number of fused-ring (bicyclic) bond motifs is 1. The highest BCUT2D eigenvalue weighted by Gasteiger charge is 2.23. The van der Waals surface area contributed by atoms with Crippen LogP contribution in [0.1, 0.15) is 22.4 Å². The molecule has 2 aromatic heterocycles. The fourth-order valence-electron chi connectivity index (χ4n) is 3.97. The van der Waals surface area contributed by atoms with Crippen LogP contribution in [0, 0.1) is 37.9 Å². The van der Waals surface area contributed by atoms with Gasteiger partial charge in [-0.1, -0.05) is 18.2 Å². The molecule has 0 fully saturated rings. The van der Waals surface area contributed by atoms with Gasteiger partial charge in [0.05, 0.1) is 29.7 Å². The van der Waals surface area contributed by atoms with E-state index < -0.39 is 0 Å². The maximum atomic E-state index is 13.4. The van der Waals surface area contributed by atoms with Crippen LogP contribution >= 0.6 is 0 Å². The number of nitriles is 1. The number of hydrogen-bond acceptors (Lipinski definition) is 4. The second-order valence-corrected chi connectivity index (χ2v) is 7.28. The Morgan fingerprint density at radius 3 is 2.43 bits per heavy atom. The highest BCUT2D eigenvalue weighted by Crippen LogP contribution is 2.40. The van der Waals surface area contributed by atoms with Gasteiger partial charge in [-0.05, 0) is 56.2 Å². The molecule has 2 heterocycles. The molecule has 0 atom stereocenters. The van der Waals surface area contributed by atoms with E-state index in [1.165, 1.54) is 12.1 Å². The number of nitrogens with two attached hydrogens (primary N) is 1. The van der Waals surface area contributed by atoms with Crippen LogP contribution in [-0.4, -0.2) is 16.7 Å². The summed E-state index contributed by atoms with van der Waals surface area (Å²) in [5, 5.41) is 14.6. The SMILES string of the molecule is COc1ccc(C)c(-c2c(N)c(C#N)c3cc(-c4ccc(F)cc4)c(C)nn23)c1C. The highest BCUT2D eigenvalue weighted by molar-refractivity contribution is 5.91. The third-order valence-corrected chi connectivity index (χ3v) is 5.49. The molecule has 0 spiro atoms. The molecule has 2 aromatic carbocycles. The second kappa shape index (κ2) is 7.20. The third-order valence-electron chi connectivity index (χ3n) is 5.49. The average Bonchev–Trinajstić information content (AvgIpc) is 2.99. The van der Waals surface area contributed by atoms with Crippen molar-refractivity contribution in [2.45, 2.75) is 20.8 Å². The fraction of sp³-hybridized carbons (Fsp3) is 0.167. The fourth-order valence-corrected chi connectivity index (χ4v) is 3.97. The highest BCUT2D eigenvalue weighted by atomic mass is 19.1. The lowest BCUT2D eigenvalue weighted by Gasteiger charge is -2.15. The molecule has 5 nitrogen and oxygen atoms in total. The minimum atomic E-state index is -0.304. The Morgan fingerprint density at radius 1 is 1.10 bits per heavy atom. The second-order valence-electron chi connectivity index (χ2n) is 7.28. The number of aryl methyl sites for hydroxylation is 2. The zero-order valence-electron chi connectivity index (χ0n) is 17.2. The summed E-state index contributed by atoms with van der Waals surface area (Å²) in [6, 6.07) is 14.2. The molecule has 0 saturated carbocycles. The third kappa shape index (κ3) is 2.87. The van der Waals surface area contributed by atoms with Crippen molar-refractivity contribution < 1.29 is 9.13 Å². The number of ether oxygens (including phenoxy) is 1. The molecule has 0 aliphatic heterocycles. The van der Waals surface area contributed by atoms with E-state index in [9.17, 15) is 9.65 Å². The van der Waals surface area contributed by atoms with Gasteiger partial charge in [0.25, 0.3) is 0 Å². The number of nitrogen functional groups attached to an aromatic ring is 1. The van der Waals surface area contributed by atoms with E-state index in [4.69, 9.17) is 15.6 Å². The number of halogens is 1. The van der Waals surface area contributed by atoms with Crippen molar-refractivity contribution in [3.8, 4) is 34.2 Å². The molecular formula is C24H21FN4O. The summed E-state index contributed by atoms with van der Waals surface area (Å²) in [4.78, 5) is 0. The molecule has 4 aromatic rings. The molecule has 0 amide bonds. The number of hydrogen-bond donors (Lipinski definition) is 1. The standard InChI is InChI=1S/C24H21FN4O/c1-13-5-10-21(30-4)14(2)22(13)24-23(27)19(12-26)20-11-18(15(3)28-29(20)24)16-6-8-17(25)9-7-16/h5-11H,27H2,1-4H3. The monoisotopic (exact) mass is 400 g/mol. The first-order valence-corrected chi connectivity index (χ1v) is 9.49. The number of rotatable bonds is 3. The van der Waals surface area contributed by atoms with E-state index in [1.54, 1.807) is 23.8 Å². The van der Waals surface area contributed by atoms with Gasteiger partial charge in [0.1, 0.15) is 23.2 Å². The average molecular weight is 400 g/mol. The van der Waals surface area contributed by atoms with Gasteiger partial charge in [0.2, 0.25) is 0 Å². The molecule has 0 aliphatic carbocycles. The first-order chi connectivity index (χ1) is 14.4. The minimum absolute atomic E-state index is 0.304. The lowest BCUT2D eigenvalue weighted by atomic mass is 9.98. The van der Waals surface area contributed by atoms with Crippen LogP contribution in [0.15, 0.2) is 42.5 Å². The summed E-state index contributed by atoms with van der Waals surface area (Å²) < 4.78 is 20.6. The van der Waals surface area contributed by atoms with Crippen molar-refractivity contribution in [3.05, 3.63) is 70.7 Å². The van der Waals surface area contributed by atoms with Gasteiger partial charge in [0.15, 0.2) is 0 Å². The van der Waals surface area contributed by atoms with E-state index in [1.807, 2.05) is 39.0 Å². The van der Waals surface area contributed by atoms with E-state index in [2.05, 4.69) is 6.07 Å². The van der Waals surface area contributed by atoms with E-state index in [-0.39, 0.29) is 5.82 Å². The summed E-state index contributed by atoms with van der Waals surface area (Å²) in [5.41, 5.74) is 13.7.